The second kappa shape index (κ2) is 8.91. The number of carbonyl (C=O) groups excluding carboxylic acids is 6. The fourth-order valence-electron chi connectivity index (χ4n) is 3.93. The normalized spacial score (nSPS) is 14.1. The fraction of sp³-hybridized carbons (Fsp3) is 0.0769. The molecule has 0 bridgehead atoms. The molecule has 36 heavy (non-hydrogen) atoms. The first-order valence-corrected chi connectivity index (χ1v) is 10.8. The predicted molar refractivity (Wildman–Crippen MR) is 121 cm³/mol. The largest absolute Gasteiger partial charge is 0.425 e. The molecule has 0 unspecified atom stereocenters. The molecule has 3 aromatic carbocycles. The van der Waals surface area contributed by atoms with Crippen LogP contribution in [0, 0.1) is 0 Å². The molecule has 0 saturated carbocycles. The molecule has 10 heteroatoms. The number of benzene rings is 3. The van der Waals surface area contributed by atoms with Gasteiger partial charge in [-0.1, -0.05) is 24.3 Å². The molecule has 4 amide bonds. The molecule has 0 spiro atoms. The quantitative estimate of drug-likeness (QED) is 0.296. The molecule has 178 valence electrons. The lowest BCUT2D eigenvalue weighted by molar-refractivity contribution is -0.135. The van der Waals surface area contributed by atoms with Gasteiger partial charge in [0.25, 0.3) is 23.6 Å². The van der Waals surface area contributed by atoms with Gasteiger partial charge in [0.1, 0.15) is 24.6 Å². The zero-order valence-electron chi connectivity index (χ0n) is 18.5. The molecule has 2 aliphatic rings. The number of esters is 2. The molecule has 10 nitrogen and oxygen atoms in total. The van der Waals surface area contributed by atoms with Crippen LogP contribution in [-0.2, 0) is 9.59 Å². The standard InChI is InChI=1S/C26H16N2O8/c29-21(13-27-23(31)17-5-1-2-6-18(17)24(27)32)35-15-9-11-16(12-10-15)36-22(30)14-28-25(33)19-7-3-4-8-20(19)26(28)34/h1-12H,13-14H2. The van der Waals surface area contributed by atoms with Crippen molar-refractivity contribution in [2.24, 2.45) is 0 Å². The van der Waals surface area contributed by atoms with E-state index in [-0.39, 0.29) is 33.8 Å². The van der Waals surface area contributed by atoms with Crippen LogP contribution in [0.3, 0.4) is 0 Å². The van der Waals surface area contributed by atoms with Gasteiger partial charge in [0, 0.05) is 0 Å². The number of imide groups is 2. The summed E-state index contributed by atoms with van der Waals surface area (Å²) in [5.74, 6) is -3.78. The molecule has 5 rings (SSSR count). The first kappa shape index (κ1) is 22.7. The summed E-state index contributed by atoms with van der Waals surface area (Å²) >= 11 is 0. The lowest BCUT2D eigenvalue weighted by Gasteiger charge is -2.14. The van der Waals surface area contributed by atoms with E-state index in [9.17, 15) is 28.8 Å². The fourth-order valence-corrected chi connectivity index (χ4v) is 3.93. The van der Waals surface area contributed by atoms with Gasteiger partial charge in [-0.15, -0.1) is 0 Å². The van der Waals surface area contributed by atoms with Gasteiger partial charge >= 0.3 is 11.9 Å². The molecule has 0 saturated heterocycles. The number of carbonyl (C=O) groups is 6. The second-order valence-corrected chi connectivity index (χ2v) is 7.90. The Morgan fingerprint density at radius 2 is 0.778 bits per heavy atom. The van der Waals surface area contributed by atoms with E-state index >= 15 is 0 Å². The highest BCUT2D eigenvalue weighted by atomic mass is 16.5. The van der Waals surface area contributed by atoms with E-state index in [1.165, 1.54) is 48.5 Å². The van der Waals surface area contributed by atoms with Crippen LogP contribution in [0.15, 0.2) is 72.8 Å². The van der Waals surface area contributed by atoms with Crippen LogP contribution in [0.25, 0.3) is 0 Å². The molecular formula is C26H16N2O8. The van der Waals surface area contributed by atoms with E-state index in [4.69, 9.17) is 9.47 Å². The number of hydrogen-bond donors (Lipinski definition) is 0. The molecule has 0 aliphatic carbocycles. The Bertz CT molecular complexity index is 1280. The Balaban J connectivity index is 1.16. The summed E-state index contributed by atoms with van der Waals surface area (Å²) in [6.45, 7) is -1.13. The summed E-state index contributed by atoms with van der Waals surface area (Å²) in [7, 11) is 0. The minimum Gasteiger partial charge on any atom is -0.425 e. The van der Waals surface area contributed by atoms with Crippen molar-refractivity contribution in [3.8, 4) is 11.5 Å². The first-order valence-electron chi connectivity index (χ1n) is 10.8. The van der Waals surface area contributed by atoms with Crippen molar-refractivity contribution in [1.29, 1.82) is 0 Å². The van der Waals surface area contributed by atoms with E-state index in [0.717, 1.165) is 9.80 Å². The van der Waals surface area contributed by atoms with E-state index in [1.54, 1.807) is 24.3 Å². The van der Waals surface area contributed by atoms with Crippen LogP contribution in [-0.4, -0.2) is 58.5 Å². The zero-order valence-corrected chi connectivity index (χ0v) is 18.5. The lowest BCUT2D eigenvalue weighted by atomic mass is 10.1. The monoisotopic (exact) mass is 484 g/mol. The van der Waals surface area contributed by atoms with Crippen molar-refractivity contribution in [1.82, 2.24) is 9.80 Å². The molecule has 2 heterocycles. The zero-order chi connectivity index (χ0) is 25.4. The Morgan fingerprint density at radius 3 is 1.06 bits per heavy atom. The van der Waals surface area contributed by atoms with Crippen molar-refractivity contribution in [2.45, 2.75) is 0 Å². The topological polar surface area (TPSA) is 127 Å². The Labute approximate surface area is 203 Å². The van der Waals surface area contributed by atoms with Crippen molar-refractivity contribution in [3.05, 3.63) is 95.1 Å². The lowest BCUT2D eigenvalue weighted by Crippen LogP contribution is -2.36. The van der Waals surface area contributed by atoms with Gasteiger partial charge < -0.3 is 9.47 Å². The molecule has 0 atom stereocenters. The summed E-state index contributed by atoms with van der Waals surface area (Å²) < 4.78 is 10.4. The molecular weight excluding hydrogens is 468 g/mol. The van der Waals surface area contributed by atoms with Crippen LogP contribution in [0.4, 0.5) is 0 Å². The second-order valence-electron chi connectivity index (χ2n) is 7.90. The van der Waals surface area contributed by atoms with Crippen LogP contribution in [0.1, 0.15) is 41.4 Å². The highest BCUT2D eigenvalue weighted by molar-refractivity contribution is 6.23. The minimum atomic E-state index is -0.833. The van der Waals surface area contributed by atoms with Crippen LogP contribution < -0.4 is 9.47 Å². The Kier molecular flexibility index (Phi) is 5.61. The average Bonchev–Trinajstić information content (AvgIpc) is 3.26. The number of nitrogens with zero attached hydrogens (tertiary/aromatic N) is 2. The van der Waals surface area contributed by atoms with Gasteiger partial charge in [0.05, 0.1) is 22.3 Å². The third-order valence-electron chi connectivity index (χ3n) is 5.62. The van der Waals surface area contributed by atoms with Gasteiger partial charge in [0.2, 0.25) is 0 Å². The smallest absolute Gasteiger partial charge is 0.331 e. The number of fused-ring (bicyclic) bond motifs is 2. The first-order chi connectivity index (χ1) is 17.3. The van der Waals surface area contributed by atoms with E-state index in [1.807, 2.05) is 0 Å². The summed E-state index contributed by atoms with van der Waals surface area (Å²) in [5, 5.41) is 0. The van der Waals surface area contributed by atoms with E-state index in [0.29, 0.717) is 0 Å². The maximum absolute atomic E-state index is 12.4. The summed E-state index contributed by atoms with van der Waals surface area (Å²) in [6, 6.07) is 17.9. The van der Waals surface area contributed by atoms with Crippen molar-refractivity contribution in [3.63, 3.8) is 0 Å². The van der Waals surface area contributed by atoms with Crippen LogP contribution >= 0.6 is 0 Å². The number of amides is 4. The molecule has 3 aromatic rings. The molecule has 2 aliphatic heterocycles. The summed E-state index contributed by atoms with van der Waals surface area (Å²) in [5.41, 5.74) is 0.899. The third-order valence-corrected chi connectivity index (χ3v) is 5.62. The van der Waals surface area contributed by atoms with Gasteiger partial charge in [-0.3, -0.25) is 29.0 Å². The predicted octanol–water partition coefficient (Wildman–Crippen LogP) is 2.09. The number of rotatable bonds is 6. The molecule has 0 N–H and O–H groups in total. The van der Waals surface area contributed by atoms with Gasteiger partial charge in [-0.25, -0.2) is 9.59 Å². The minimum absolute atomic E-state index is 0.0942. The highest BCUT2D eigenvalue weighted by Gasteiger charge is 2.37. The van der Waals surface area contributed by atoms with Crippen molar-refractivity contribution >= 4 is 35.6 Å². The SMILES string of the molecule is O=C(CN1C(=O)c2ccccc2C1=O)Oc1ccc(OC(=O)CN2C(=O)c3ccccc3C2=O)cc1. The maximum Gasteiger partial charge on any atom is 0.331 e. The van der Waals surface area contributed by atoms with Gasteiger partial charge in [0.15, 0.2) is 0 Å². The third kappa shape index (κ3) is 4.00. The van der Waals surface area contributed by atoms with E-state index in [2.05, 4.69) is 0 Å². The maximum atomic E-state index is 12.4. The van der Waals surface area contributed by atoms with Gasteiger partial charge in [-0.2, -0.15) is 0 Å². The Morgan fingerprint density at radius 1 is 0.500 bits per heavy atom. The van der Waals surface area contributed by atoms with Crippen molar-refractivity contribution in [2.75, 3.05) is 13.1 Å². The van der Waals surface area contributed by atoms with Crippen LogP contribution in [0.2, 0.25) is 0 Å². The highest BCUT2D eigenvalue weighted by Crippen LogP contribution is 2.24. The average molecular weight is 484 g/mol. The summed E-state index contributed by atoms with van der Waals surface area (Å²) in [4.78, 5) is 75.7. The summed E-state index contributed by atoms with van der Waals surface area (Å²) in [6.07, 6.45) is 0. The van der Waals surface area contributed by atoms with Crippen LogP contribution in [0.5, 0.6) is 11.5 Å². The molecule has 0 fully saturated rings. The number of hydrogen-bond acceptors (Lipinski definition) is 8. The molecule has 0 aromatic heterocycles. The Hall–Kier alpha value is -5.12. The molecule has 0 radical (unpaired) electrons. The number of ether oxygens (including phenoxy) is 2. The van der Waals surface area contributed by atoms with Gasteiger partial charge in [-0.05, 0) is 48.5 Å². The van der Waals surface area contributed by atoms with E-state index < -0.39 is 48.7 Å². The van der Waals surface area contributed by atoms with Crippen molar-refractivity contribution < 1.29 is 38.2 Å².